The minimum Gasteiger partial charge on any atom is -0.325 e. The van der Waals surface area contributed by atoms with E-state index in [9.17, 15) is 4.79 Å². The van der Waals surface area contributed by atoms with Gasteiger partial charge < -0.3 is 15.5 Å². The second kappa shape index (κ2) is 10.3. The Morgan fingerprint density at radius 1 is 1.16 bits per heavy atom. The van der Waals surface area contributed by atoms with Crippen LogP contribution < -0.4 is 10.6 Å². The fraction of sp³-hybridized carbons (Fsp3) is 0.611. The molecule has 2 N–H and O–H groups in total. The Labute approximate surface area is 161 Å². The van der Waals surface area contributed by atoms with Crippen LogP contribution >= 0.6 is 24.0 Å². The molecule has 0 spiro atoms. The highest BCUT2D eigenvalue weighted by molar-refractivity contribution is 6.30. The normalized spacial score (nSPS) is 22.2. The Kier molecular flexibility index (Phi) is 8.46. The molecule has 2 aliphatic rings. The number of carbonyl (C=O) groups excluding carboxylic acids is 1. The molecule has 0 bridgehead atoms. The van der Waals surface area contributed by atoms with Crippen molar-refractivity contribution in [2.45, 2.75) is 12.8 Å². The summed E-state index contributed by atoms with van der Waals surface area (Å²) in [4.78, 5) is 16.9. The first-order chi connectivity index (χ1) is 11.7. The highest BCUT2D eigenvalue weighted by Crippen LogP contribution is 2.15. The van der Waals surface area contributed by atoms with Gasteiger partial charge in [-0.15, -0.1) is 12.4 Å². The first-order valence-electron chi connectivity index (χ1n) is 8.90. The Morgan fingerprint density at radius 3 is 2.48 bits per heavy atom. The Morgan fingerprint density at radius 2 is 1.84 bits per heavy atom. The number of piperidine rings is 1. The van der Waals surface area contributed by atoms with Gasteiger partial charge in [0.05, 0.1) is 6.54 Å². The van der Waals surface area contributed by atoms with Gasteiger partial charge in [0.15, 0.2) is 0 Å². The number of anilines is 1. The molecule has 1 amide bonds. The monoisotopic (exact) mass is 386 g/mol. The molecule has 1 aromatic carbocycles. The van der Waals surface area contributed by atoms with Gasteiger partial charge in [0, 0.05) is 43.4 Å². The summed E-state index contributed by atoms with van der Waals surface area (Å²) in [7, 11) is 0. The summed E-state index contributed by atoms with van der Waals surface area (Å²) in [6.45, 7) is 8.04. The fourth-order valence-electron chi connectivity index (χ4n) is 3.51. The smallest absolute Gasteiger partial charge is 0.238 e. The number of hydrogen-bond donors (Lipinski definition) is 2. The van der Waals surface area contributed by atoms with Crippen LogP contribution in [-0.4, -0.2) is 68.1 Å². The third-order valence-corrected chi connectivity index (χ3v) is 5.13. The van der Waals surface area contributed by atoms with Crippen LogP contribution in [0.25, 0.3) is 0 Å². The molecule has 2 heterocycles. The van der Waals surface area contributed by atoms with E-state index in [4.69, 9.17) is 11.6 Å². The minimum absolute atomic E-state index is 0. The minimum atomic E-state index is 0. The molecule has 3 rings (SSSR count). The molecule has 0 aliphatic carbocycles. The first kappa shape index (κ1) is 20.5. The maximum absolute atomic E-state index is 12.2. The first-order valence-corrected chi connectivity index (χ1v) is 9.28. The van der Waals surface area contributed by atoms with Crippen molar-refractivity contribution in [3.8, 4) is 0 Å². The maximum atomic E-state index is 12.2. The van der Waals surface area contributed by atoms with E-state index in [2.05, 4.69) is 20.4 Å². The van der Waals surface area contributed by atoms with Crippen LogP contribution in [0.1, 0.15) is 12.8 Å². The second-order valence-electron chi connectivity index (χ2n) is 6.84. The van der Waals surface area contributed by atoms with Crippen LogP contribution in [0.5, 0.6) is 0 Å². The number of nitrogens with zero attached hydrogens (tertiary/aromatic N) is 2. The summed E-state index contributed by atoms with van der Waals surface area (Å²) in [6.07, 6.45) is 2.65. The van der Waals surface area contributed by atoms with E-state index in [0.717, 1.165) is 44.3 Å². The van der Waals surface area contributed by atoms with Crippen molar-refractivity contribution in [1.82, 2.24) is 15.1 Å². The van der Waals surface area contributed by atoms with E-state index in [1.807, 2.05) is 12.1 Å². The van der Waals surface area contributed by atoms with E-state index in [0.29, 0.717) is 11.6 Å². The van der Waals surface area contributed by atoms with Gasteiger partial charge >= 0.3 is 0 Å². The summed E-state index contributed by atoms with van der Waals surface area (Å²) in [5.74, 6) is 0.834. The zero-order valence-electron chi connectivity index (χ0n) is 14.5. The Bertz CT molecular complexity index is 526. The maximum Gasteiger partial charge on any atom is 0.238 e. The van der Waals surface area contributed by atoms with Crippen molar-refractivity contribution in [3.63, 3.8) is 0 Å². The van der Waals surface area contributed by atoms with Crippen LogP contribution in [-0.2, 0) is 4.79 Å². The zero-order chi connectivity index (χ0) is 16.8. The van der Waals surface area contributed by atoms with Crippen LogP contribution in [0.15, 0.2) is 24.3 Å². The number of halogens is 2. The van der Waals surface area contributed by atoms with Crippen molar-refractivity contribution in [3.05, 3.63) is 29.3 Å². The van der Waals surface area contributed by atoms with E-state index in [1.165, 1.54) is 25.9 Å². The van der Waals surface area contributed by atoms with Crippen LogP contribution in [0.3, 0.4) is 0 Å². The predicted molar refractivity (Wildman–Crippen MR) is 106 cm³/mol. The van der Waals surface area contributed by atoms with Crippen molar-refractivity contribution in [2.75, 3.05) is 57.7 Å². The molecule has 1 aromatic rings. The Hall–Kier alpha value is -0.850. The summed E-state index contributed by atoms with van der Waals surface area (Å²) >= 11 is 5.86. The zero-order valence-corrected chi connectivity index (χ0v) is 16.1. The average molecular weight is 387 g/mol. The summed E-state index contributed by atoms with van der Waals surface area (Å²) in [5.41, 5.74) is 0.799. The number of hydrogen-bond acceptors (Lipinski definition) is 4. The van der Waals surface area contributed by atoms with E-state index >= 15 is 0 Å². The quantitative estimate of drug-likeness (QED) is 0.814. The number of amides is 1. The standard InChI is InChI=1S/C18H27ClN4O.ClH/c19-16-3-5-17(6-4-16)21-18(24)14-23-10-8-22(9-11-23)13-15-2-1-7-20-12-15;/h3-6,15,20H,1-2,7-14H2,(H,21,24);1H. The van der Waals surface area contributed by atoms with Crippen molar-refractivity contribution < 1.29 is 4.79 Å². The average Bonchev–Trinajstić information content (AvgIpc) is 2.60. The molecule has 2 aliphatic heterocycles. The van der Waals surface area contributed by atoms with Gasteiger partial charge in [0.1, 0.15) is 0 Å². The van der Waals surface area contributed by atoms with E-state index in [1.54, 1.807) is 12.1 Å². The molecule has 5 nitrogen and oxygen atoms in total. The van der Waals surface area contributed by atoms with Crippen molar-refractivity contribution in [2.24, 2.45) is 5.92 Å². The van der Waals surface area contributed by atoms with Gasteiger partial charge in [-0.05, 0) is 56.1 Å². The van der Waals surface area contributed by atoms with Gasteiger partial charge in [0.2, 0.25) is 5.91 Å². The van der Waals surface area contributed by atoms with E-state index < -0.39 is 0 Å². The number of nitrogens with one attached hydrogen (secondary N) is 2. The molecule has 0 radical (unpaired) electrons. The number of rotatable bonds is 5. The van der Waals surface area contributed by atoms with Gasteiger partial charge in [0.25, 0.3) is 0 Å². The molecule has 2 saturated heterocycles. The lowest BCUT2D eigenvalue weighted by Crippen LogP contribution is -2.50. The Balaban J connectivity index is 0.00000225. The van der Waals surface area contributed by atoms with Gasteiger partial charge in [-0.3, -0.25) is 9.69 Å². The lowest BCUT2D eigenvalue weighted by Gasteiger charge is -2.37. The summed E-state index contributed by atoms with van der Waals surface area (Å²) in [6, 6.07) is 7.23. The SMILES string of the molecule is Cl.O=C(CN1CCN(CC2CCCNC2)CC1)Nc1ccc(Cl)cc1. The third-order valence-electron chi connectivity index (χ3n) is 4.88. The molecule has 1 atom stereocenters. The van der Waals surface area contributed by atoms with Gasteiger partial charge in [-0.1, -0.05) is 11.6 Å². The lowest BCUT2D eigenvalue weighted by atomic mass is 9.99. The van der Waals surface area contributed by atoms with Crippen molar-refractivity contribution in [1.29, 1.82) is 0 Å². The molecule has 2 fully saturated rings. The second-order valence-corrected chi connectivity index (χ2v) is 7.28. The van der Waals surface area contributed by atoms with Crippen molar-refractivity contribution >= 4 is 35.6 Å². The molecule has 0 saturated carbocycles. The molecule has 140 valence electrons. The number of carbonyl (C=O) groups is 1. The van der Waals surface area contributed by atoms with Gasteiger partial charge in [-0.2, -0.15) is 0 Å². The molecular formula is C18H28Cl2N4O. The predicted octanol–water partition coefficient (Wildman–Crippen LogP) is 2.32. The van der Waals surface area contributed by atoms with Crippen LogP contribution in [0.4, 0.5) is 5.69 Å². The molecule has 25 heavy (non-hydrogen) atoms. The third kappa shape index (κ3) is 6.76. The summed E-state index contributed by atoms with van der Waals surface area (Å²) in [5, 5.41) is 7.10. The molecule has 0 aromatic heterocycles. The summed E-state index contributed by atoms with van der Waals surface area (Å²) < 4.78 is 0. The highest BCUT2D eigenvalue weighted by atomic mass is 35.5. The fourth-order valence-corrected chi connectivity index (χ4v) is 3.64. The molecular weight excluding hydrogens is 359 g/mol. The van der Waals surface area contributed by atoms with E-state index in [-0.39, 0.29) is 18.3 Å². The molecule has 7 heteroatoms. The number of benzene rings is 1. The molecule has 1 unspecified atom stereocenters. The van der Waals surface area contributed by atoms with Gasteiger partial charge in [-0.25, -0.2) is 0 Å². The highest BCUT2D eigenvalue weighted by Gasteiger charge is 2.22. The largest absolute Gasteiger partial charge is 0.325 e. The topological polar surface area (TPSA) is 47.6 Å². The van der Waals surface area contributed by atoms with Crippen LogP contribution in [0.2, 0.25) is 5.02 Å². The van der Waals surface area contributed by atoms with Crippen LogP contribution in [0, 0.1) is 5.92 Å². The number of piperazine rings is 1. The lowest BCUT2D eigenvalue weighted by molar-refractivity contribution is -0.117.